The Balaban J connectivity index is 1.87. The number of H-pyrrole nitrogens is 1. The van der Waals surface area contributed by atoms with E-state index in [4.69, 9.17) is 23.2 Å². The van der Waals surface area contributed by atoms with Crippen LogP contribution in [0.1, 0.15) is 17.2 Å². The molecule has 0 unspecified atom stereocenters. The molecule has 4 aromatic rings. The van der Waals surface area contributed by atoms with Crippen LogP contribution in [0.4, 0.5) is 17.3 Å². The second-order valence-electron chi connectivity index (χ2n) is 6.60. The fraction of sp³-hybridized carbons (Fsp3) is 0.0556. The number of nitrogens with one attached hydrogen (secondary N) is 2. The summed E-state index contributed by atoms with van der Waals surface area (Å²) >= 11 is 12.4. The predicted octanol–water partition coefficient (Wildman–Crippen LogP) is 3.33. The number of nitro benzene ring substituents is 1. The molecule has 0 aliphatic carbocycles. The topological polar surface area (TPSA) is 145 Å². The summed E-state index contributed by atoms with van der Waals surface area (Å²) in [5.41, 5.74) is 0.802. The van der Waals surface area contributed by atoms with Gasteiger partial charge in [0.25, 0.3) is 11.2 Å². The first kappa shape index (κ1) is 19.2. The lowest BCUT2D eigenvalue weighted by molar-refractivity contribution is -0.385. The van der Waals surface area contributed by atoms with Gasteiger partial charge in [0.1, 0.15) is 17.4 Å². The van der Waals surface area contributed by atoms with Gasteiger partial charge in [-0.25, -0.2) is 5.10 Å². The van der Waals surface area contributed by atoms with Gasteiger partial charge in [0.15, 0.2) is 0 Å². The van der Waals surface area contributed by atoms with Crippen molar-refractivity contribution >= 4 is 40.5 Å². The molecule has 11 nitrogen and oxygen atoms in total. The van der Waals surface area contributed by atoms with E-state index in [0.29, 0.717) is 21.8 Å². The summed E-state index contributed by atoms with van der Waals surface area (Å²) in [4.78, 5) is 23.9. The third kappa shape index (κ3) is 3.02. The smallest absolute Gasteiger partial charge is 0.288 e. The minimum absolute atomic E-state index is 0.112. The number of aromatic amines is 1. The highest BCUT2D eigenvalue weighted by atomic mass is 35.5. The number of aromatic nitrogens is 6. The second-order valence-corrected chi connectivity index (χ2v) is 7.45. The lowest BCUT2D eigenvalue weighted by Crippen LogP contribution is -2.29. The van der Waals surface area contributed by atoms with Crippen LogP contribution in [0.3, 0.4) is 0 Å². The van der Waals surface area contributed by atoms with E-state index in [0.717, 1.165) is 0 Å². The van der Waals surface area contributed by atoms with Gasteiger partial charge in [0.05, 0.1) is 15.5 Å². The van der Waals surface area contributed by atoms with Crippen LogP contribution < -0.4 is 10.9 Å². The van der Waals surface area contributed by atoms with Crippen molar-refractivity contribution in [2.24, 2.45) is 0 Å². The minimum atomic E-state index is -0.917. The standard InChI is InChI=1S/C18H10Cl2N8O3/c19-8-5-6-9(11(20)7-8)14-13-15(17(29)23-22-14)21-18-24-25-26-27(18)16(13)10-3-1-2-4-12(10)28(30)31/h1-7,16H,(H,23,29)(H,21,24,26)/t16-/m0/s1. The number of anilines is 2. The molecular weight excluding hydrogens is 447 g/mol. The number of fused-ring (bicyclic) bond motifs is 2. The number of hydrogen-bond acceptors (Lipinski definition) is 8. The van der Waals surface area contributed by atoms with Crippen LogP contribution in [0.25, 0.3) is 11.3 Å². The average molecular weight is 457 g/mol. The van der Waals surface area contributed by atoms with Crippen LogP contribution in [-0.2, 0) is 0 Å². The van der Waals surface area contributed by atoms with E-state index in [1.807, 2.05) is 0 Å². The van der Waals surface area contributed by atoms with Gasteiger partial charge in [-0.1, -0.05) is 40.4 Å². The Kier molecular flexibility index (Phi) is 4.41. The average Bonchev–Trinajstić information content (AvgIpc) is 3.22. The fourth-order valence-corrected chi connectivity index (χ4v) is 4.09. The van der Waals surface area contributed by atoms with Crippen molar-refractivity contribution in [2.75, 3.05) is 5.32 Å². The quantitative estimate of drug-likeness (QED) is 0.310. The molecule has 0 fully saturated rings. The van der Waals surface area contributed by atoms with Crippen molar-refractivity contribution in [3.05, 3.63) is 84.1 Å². The molecule has 1 aliphatic rings. The zero-order valence-corrected chi connectivity index (χ0v) is 16.8. The van der Waals surface area contributed by atoms with Crippen molar-refractivity contribution in [3.63, 3.8) is 0 Å². The summed E-state index contributed by atoms with van der Waals surface area (Å²) in [7, 11) is 0. The van der Waals surface area contributed by atoms with E-state index in [-0.39, 0.29) is 27.9 Å². The normalized spacial score (nSPS) is 14.5. The van der Waals surface area contributed by atoms with Crippen LogP contribution in [0.15, 0.2) is 47.3 Å². The van der Waals surface area contributed by atoms with Crippen molar-refractivity contribution in [1.29, 1.82) is 0 Å². The second kappa shape index (κ2) is 7.15. The number of nitrogens with zero attached hydrogens (tertiary/aromatic N) is 6. The molecule has 0 saturated heterocycles. The summed E-state index contributed by atoms with van der Waals surface area (Å²) in [6, 6.07) is 10.1. The SMILES string of the molecule is O=c1[nH]nc(-c2ccc(Cl)cc2Cl)c2c1Nc1nnnn1[C@H]2c1ccccc1[N+](=O)[O-]. The zero-order valence-electron chi connectivity index (χ0n) is 15.3. The van der Waals surface area contributed by atoms with Gasteiger partial charge in [0.2, 0.25) is 5.95 Å². The molecule has 1 atom stereocenters. The van der Waals surface area contributed by atoms with Gasteiger partial charge in [-0.3, -0.25) is 14.9 Å². The highest BCUT2D eigenvalue weighted by Crippen LogP contribution is 2.44. The van der Waals surface area contributed by atoms with E-state index in [9.17, 15) is 14.9 Å². The Morgan fingerprint density at radius 3 is 2.74 bits per heavy atom. The van der Waals surface area contributed by atoms with Crippen molar-refractivity contribution in [2.45, 2.75) is 6.04 Å². The highest BCUT2D eigenvalue weighted by Gasteiger charge is 2.37. The first-order valence-corrected chi connectivity index (χ1v) is 9.57. The molecule has 3 heterocycles. The van der Waals surface area contributed by atoms with E-state index in [1.54, 1.807) is 30.3 Å². The summed E-state index contributed by atoms with van der Waals surface area (Å²) in [6.07, 6.45) is 0. The van der Waals surface area contributed by atoms with Crippen LogP contribution in [-0.4, -0.2) is 35.3 Å². The van der Waals surface area contributed by atoms with E-state index in [1.165, 1.54) is 16.8 Å². The number of nitro groups is 1. The van der Waals surface area contributed by atoms with Crippen molar-refractivity contribution in [3.8, 4) is 11.3 Å². The van der Waals surface area contributed by atoms with Crippen LogP contribution in [0, 0.1) is 10.1 Å². The maximum atomic E-state index is 12.7. The molecule has 154 valence electrons. The van der Waals surface area contributed by atoms with Gasteiger partial charge in [0, 0.05) is 22.2 Å². The molecule has 0 radical (unpaired) electrons. The van der Waals surface area contributed by atoms with Gasteiger partial charge in [-0.2, -0.15) is 9.78 Å². The summed E-state index contributed by atoms with van der Waals surface area (Å²) < 4.78 is 1.36. The number of hydrogen-bond donors (Lipinski definition) is 2. The molecule has 5 rings (SSSR count). The lowest BCUT2D eigenvalue weighted by atomic mass is 9.91. The number of rotatable bonds is 3. The van der Waals surface area contributed by atoms with E-state index < -0.39 is 16.5 Å². The summed E-state index contributed by atoms with van der Waals surface area (Å²) in [5, 5.41) is 33.5. The van der Waals surface area contributed by atoms with Gasteiger partial charge >= 0.3 is 0 Å². The third-order valence-corrected chi connectivity index (χ3v) is 5.43. The van der Waals surface area contributed by atoms with Gasteiger partial charge in [-0.05, 0) is 34.7 Å². The van der Waals surface area contributed by atoms with Crippen molar-refractivity contribution in [1.82, 2.24) is 30.4 Å². The number of benzene rings is 2. The predicted molar refractivity (Wildman–Crippen MR) is 112 cm³/mol. The maximum Gasteiger partial charge on any atom is 0.288 e. The Bertz CT molecular complexity index is 1420. The molecule has 2 aromatic heterocycles. The molecule has 0 saturated carbocycles. The molecule has 2 N–H and O–H groups in total. The highest BCUT2D eigenvalue weighted by molar-refractivity contribution is 6.36. The monoisotopic (exact) mass is 456 g/mol. The van der Waals surface area contributed by atoms with Crippen LogP contribution in [0.2, 0.25) is 10.0 Å². The fourth-order valence-electron chi connectivity index (χ4n) is 3.60. The van der Waals surface area contributed by atoms with Crippen molar-refractivity contribution < 1.29 is 4.92 Å². The zero-order chi connectivity index (χ0) is 21.7. The number of tetrazole rings is 1. The Hall–Kier alpha value is -3.83. The van der Waals surface area contributed by atoms with E-state index >= 15 is 0 Å². The lowest BCUT2D eigenvalue weighted by Gasteiger charge is -2.27. The molecule has 2 aromatic carbocycles. The third-order valence-electron chi connectivity index (χ3n) is 4.88. The summed E-state index contributed by atoms with van der Waals surface area (Å²) in [6.45, 7) is 0. The molecule has 0 amide bonds. The molecular formula is C18H10Cl2N8O3. The Morgan fingerprint density at radius 2 is 1.97 bits per heavy atom. The number of para-hydroxylation sites is 1. The molecule has 1 aliphatic heterocycles. The first-order valence-electron chi connectivity index (χ1n) is 8.82. The first-order chi connectivity index (χ1) is 15.0. The Labute approximate surface area is 182 Å². The number of halogens is 2. The molecule has 31 heavy (non-hydrogen) atoms. The van der Waals surface area contributed by atoms with E-state index in [2.05, 4.69) is 31.0 Å². The Morgan fingerprint density at radius 1 is 1.16 bits per heavy atom. The maximum absolute atomic E-state index is 12.7. The minimum Gasteiger partial charge on any atom is -0.318 e. The van der Waals surface area contributed by atoms with Gasteiger partial charge in [-0.15, -0.1) is 0 Å². The molecule has 13 heteroatoms. The molecule has 0 bridgehead atoms. The largest absolute Gasteiger partial charge is 0.318 e. The van der Waals surface area contributed by atoms with Crippen LogP contribution in [0.5, 0.6) is 0 Å². The van der Waals surface area contributed by atoms with Gasteiger partial charge < -0.3 is 5.32 Å². The van der Waals surface area contributed by atoms with Crippen LogP contribution >= 0.6 is 23.2 Å². The summed E-state index contributed by atoms with van der Waals surface area (Å²) in [5.74, 6) is 0.153. The molecule has 0 spiro atoms.